The van der Waals surface area contributed by atoms with Crippen LogP contribution in [0, 0.1) is 0 Å². The summed E-state index contributed by atoms with van der Waals surface area (Å²) in [4.78, 5) is 12.8. The maximum absolute atomic E-state index is 12.8. The van der Waals surface area contributed by atoms with E-state index in [1.165, 1.54) is 0 Å². The zero-order valence-electron chi connectivity index (χ0n) is 13.1. The maximum Gasteiger partial charge on any atom is 0.267 e. The molecule has 1 unspecified atom stereocenters. The third kappa shape index (κ3) is 4.33. The number of rotatable bonds is 5. The summed E-state index contributed by atoms with van der Waals surface area (Å²) < 4.78 is 24.1. The van der Waals surface area contributed by atoms with Gasteiger partial charge in [-0.05, 0) is 42.5 Å². The van der Waals surface area contributed by atoms with Gasteiger partial charge >= 0.3 is 0 Å². The molecule has 2 aromatic carbocycles. The topological polar surface area (TPSA) is 69.6 Å². The summed E-state index contributed by atoms with van der Waals surface area (Å²) in [5.41, 5.74) is 1.16. The normalized spacial score (nSPS) is 11.8. The third-order valence-electron chi connectivity index (χ3n) is 3.37. The average molecular weight is 472 g/mol. The van der Waals surface area contributed by atoms with Gasteiger partial charge in [0.25, 0.3) is 17.2 Å². The lowest BCUT2D eigenvalue weighted by Gasteiger charge is -2.21. The van der Waals surface area contributed by atoms with E-state index in [1.807, 2.05) is 6.07 Å². The van der Waals surface area contributed by atoms with E-state index in [9.17, 15) is 13.6 Å². The van der Waals surface area contributed by atoms with Crippen molar-refractivity contribution in [1.82, 2.24) is 0 Å². The number of thiophene rings is 1. The van der Waals surface area contributed by atoms with Gasteiger partial charge in [-0.3, -0.25) is 9.35 Å². The van der Waals surface area contributed by atoms with Crippen LogP contribution in [0.4, 0.5) is 16.4 Å². The van der Waals surface area contributed by atoms with Gasteiger partial charge in [-0.2, -0.15) is 0 Å². The second-order valence-electron chi connectivity index (χ2n) is 5.08. The molecule has 1 amide bonds. The lowest BCUT2D eigenvalue weighted by Crippen LogP contribution is -2.23. The van der Waals surface area contributed by atoms with Crippen molar-refractivity contribution in [2.45, 2.75) is 0 Å². The van der Waals surface area contributed by atoms with E-state index in [2.05, 4.69) is 21.2 Å². The summed E-state index contributed by atoms with van der Waals surface area (Å²) in [6, 6.07) is 17.1. The molecule has 134 valence electrons. The van der Waals surface area contributed by atoms with Crippen LogP contribution in [0.25, 0.3) is 0 Å². The molecule has 9 heteroatoms. The number of carbonyl (C=O) groups is 1. The number of anilines is 3. The van der Waals surface area contributed by atoms with E-state index < -0.39 is 17.2 Å². The Morgan fingerprint density at radius 2 is 1.88 bits per heavy atom. The first-order valence-electron chi connectivity index (χ1n) is 7.28. The highest BCUT2D eigenvalue weighted by Gasteiger charge is 2.23. The van der Waals surface area contributed by atoms with Gasteiger partial charge in [0, 0.05) is 10.2 Å². The van der Waals surface area contributed by atoms with Crippen LogP contribution in [-0.2, 0) is 11.3 Å². The molecule has 0 aliphatic carbocycles. The fraction of sp³-hybridized carbons (Fsp3) is 0. The molecule has 0 saturated carbocycles. The average Bonchev–Trinajstić information content (AvgIpc) is 3.03. The lowest BCUT2D eigenvalue weighted by atomic mass is 10.1. The molecule has 0 bridgehead atoms. The highest BCUT2D eigenvalue weighted by Crippen LogP contribution is 2.37. The van der Waals surface area contributed by atoms with Gasteiger partial charge in [-0.15, -0.1) is 11.3 Å². The number of benzene rings is 2. The molecule has 26 heavy (non-hydrogen) atoms. The SMILES string of the molecule is O=C(Nc1ccccc1)c1cc(Br)ccc1N(c1ccc(Cl)s1)S(=O)O. The first-order valence-corrected chi connectivity index (χ1v) is 10.3. The van der Waals surface area contributed by atoms with Crippen molar-refractivity contribution in [2.75, 3.05) is 9.62 Å². The number of nitrogens with one attached hydrogen (secondary N) is 1. The Bertz CT molecular complexity index is 966. The minimum Gasteiger partial charge on any atom is -0.322 e. The molecule has 1 atom stereocenters. The van der Waals surface area contributed by atoms with Gasteiger partial charge in [0.1, 0.15) is 5.00 Å². The van der Waals surface area contributed by atoms with Crippen LogP contribution in [0.1, 0.15) is 10.4 Å². The monoisotopic (exact) mass is 470 g/mol. The van der Waals surface area contributed by atoms with Crippen molar-refractivity contribution >= 4 is 72.4 Å². The van der Waals surface area contributed by atoms with E-state index in [1.54, 1.807) is 54.6 Å². The van der Waals surface area contributed by atoms with Gasteiger partial charge < -0.3 is 5.32 Å². The van der Waals surface area contributed by atoms with Crippen molar-refractivity contribution in [2.24, 2.45) is 0 Å². The number of nitrogens with zero attached hydrogens (tertiary/aromatic N) is 1. The van der Waals surface area contributed by atoms with E-state index in [0.717, 1.165) is 15.6 Å². The molecule has 3 rings (SSSR count). The van der Waals surface area contributed by atoms with Crippen molar-refractivity contribution in [3.8, 4) is 0 Å². The number of para-hydroxylation sites is 1. The summed E-state index contributed by atoms with van der Waals surface area (Å²) in [7, 11) is 0. The fourth-order valence-corrected chi connectivity index (χ4v) is 4.44. The zero-order valence-corrected chi connectivity index (χ0v) is 17.0. The van der Waals surface area contributed by atoms with Gasteiger partial charge in [0.05, 0.1) is 15.6 Å². The third-order valence-corrected chi connectivity index (χ3v) is 5.90. The molecule has 0 aliphatic heterocycles. The highest BCUT2D eigenvalue weighted by molar-refractivity contribution is 9.10. The predicted molar refractivity (Wildman–Crippen MR) is 111 cm³/mol. The molecule has 3 aromatic rings. The molecular weight excluding hydrogens is 460 g/mol. The Balaban J connectivity index is 2.04. The number of halogens is 2. The Kier molecular flexibility index (Phi) is 6.10. The van der Waals surface area contributed by atoms with Crippen LogP contribution < -0.4 is 9.62 Å². The van der Waals surface area contributed by atoms with Crippen molar-refractivity contribution in [1.29, 1.82) is 0 Å². The molecule has 0 radical (unpaired) electrons. The van der Waals surface area contributed by atoms with E-state index in [0.29, 0.717) is 25.2 Å². The van der Waals surface area contributed by atoms with Crippen molar-refractivity contribution in [3.05, 3.63) is 75.0 Å². The summed E-state index contributed by atoms with van der Waals surface area (Å²) in [6.07, 6.45) is 0. The summed E-state index contributed by atoms with van der Waals surface area (Å²) >= 11 is 8.06. The smallest absolute Gasteiger partial charge is 0.267 e. The Morgan fingerprint density at radius 3 is 2.50 bits per heavy atom. The van der Waals surface area contributed by atoms with Crippen LogP contribution >= 0.6 is 38.9 Å². The van der Waals surface area contributed by atoms with Gasteiger partial charge in [0.2, 0.25) is 0 Å². The maximum atomic E-state index is 12.8. The van der Waals surface area contributed by atoms with Crippen LogP contribution in [0.3, 0.4) is 0 Å². The lowest BCUT2D eigenvalue weighted by molar-refractivity contribution is 0.102. The number of hydrogen-bond donors (Lipinski definition) is 2. The Morgan fingerprint density at radius 1 is 1.15 bits per heavy atom. The first-order chi connectivity index (χ1) is 12.5. The van der Waals surface area contributed by atoms with E-state index in [4.69, 9.17) is 11.6 Å². The second kappa shape index (κ2) is 8.32. The molecule has 0 saturated heterocycles. The minimum absolute atomic E-state index is 0.246. The Hall–Kier alpha value is -1.71. The van der Waals surface area contributed by atoms with Crippen LogP contribution in [0.2, 0.25) is 4.34 Å². The van der Waals surface area contributed by atoms with Crippen molar-refractivity contribution < 1.29 is 13.6 Å². The number of amides is 1. The van der Waals surface area contributed by atoms with Gasteiger partial charge in [-0.25, -0.2) is 8.51 Å². The molecule has 2 N–H and O–H groups in total. The molecule has 0 spiro atoms. The van der Waals surface area contributed by atoms with Crippen LogP contribution in [0.5, 0.6) is 0 Å². The number of hydrogen-bond acceptors (Lipinski definition) is 3. The van der Waals surface area contributed by atoms with Crippen LogP contribution in [-0.4, -0.2) is 14.7 Å². The van der Waals surface area contributed by atoms with Gasteiger partial charge in [-0.1, -0.05) is 45.7 Å². The predicted octanol–water partition coefficient (Wildman–Crippen LogP) is 5.69. The summed E-state index contributed by atoms with van der Waals surface area (Å²) in [6.45, 7) is 0. The number of carbonyl (C=O) groups excluding carboxylic acids is 1. The molecule has 1 aromatic heterocycles. The van der Waals surface area contributed by atoms with Crippen LogP contribution in [0.15, 0.2) is 65.1 Å². The Labute approximate surface area is 170 Å². The summed E-state index contributed by atoms with van der Waals surface area (Å²) in [5.74, 6) is -0.398. The standard InChI is InChI=1S/C17H12BrClN2O3S2/c18-11-6-7-14(21(26(23)24)16-9-8-15(19)25-16)13(10-11)17(22)20-12-4-2-1-3-5-12/h1-10H,(H,20,22)(H,23,24). The molecule has 5 nitrogen and oxygen atoms in total. The molecule has 0 aliphatic rings. The second-order valence-corrected chi connectivity index (χ2v) is 8.52. The zero-order chi connectivity index (χ0) is 18.7. The quantitative estimate of drug-likeness (QED) is 0.470. The van der Waals surface area contributed by atoms with E-state index >= 15 is 0 Å². The summed E-state index contributed by atoms with van der Waals surface area (Å²) in [5, 5.41) is 3.24. The highest BCUT2D eigenvalue weighted by atomic mass is 79.9. The minimum atomic E-state index is -2.38. The van der Waals surface area contributed by atoms with Gasteiger partial charge in [0.15, 0.2) is 0 Å². The largest absolute Gasteiger partial charge is 0.322 e. The fourth-order valence-electron chi connectivity index (χ4n) is 2.28. The first kappa shape index (κ1) is 19.1. The molecule has 0 fully saturated rings. The van der Waals surface area contributed by atoms with Crippen molar-refractivity contribution in [3.63, 3.8) is 0 Å². The molecule has 1 heterocycles. The van der Waals surface area contributed by atoms with E-state index in [-0.39, 0.29) is 5.56 Å². The molecular formula is C17H12BrClN2O3S2.